The third kappa shape index (κ3) is 4.71. The highest BCUT2D eigenvalue weighted by Gasteiger charge is 2.35. The zero-order chi connectivity index (χ0) is 34.1. The predicted molar refractivity (Wildman–Crippen MR) is 214 cm³/mol. The molecule has 0 unspecified atom stereocenters. The van der Waals surface area contributed by atoms with Crippen LogP contribution in [0, 0.1) is 0 Å². The number of benzene rings is 8. The van der Waals surface area contributed by atoms with Crippen molar-refractivity contribution in [2.75, 3.05) is 4.90 Å². The molecule has 9 aromatic rings. The molecule has 0 saturated carbocycles. The third-order valence-corrected chi connectivity index (χ3v) is 10.9. The fraction of sp³-hybridized carbons (Fsp3) is 0.0612. The molecule has 1 aliphatic rings. The minimum absolute atomic E-state index is 0.0409. The summed E-state index contributed by atoms with van der Waals surface area (Å²) in [5.41, 5.74) is 15.2. The largest absolute Gasteiger partial charge is 0.456 e. The Kier molecular flexibility index (Phi) is 6.56. The van der Waals surface area contributed by atoms with Crippen LogP contribution in [0.4, 0.5) is 17.1 Å². The lowest BCUT2D eigenvalue weighted by atomic mass is 9.81. The highest BCUT2D eigenvalue weighted by atomic mass is 16.3. The van der Waals surface area contributed by atoms with Crippen LogP contribution >= 0.6 is 0 Å². The molecule has 0 atom stereocenters. The highest BCUT2D eigenvalue weighted by molar-refractivity contribution is 6.13. The first-order chi connectivity index (χ1) is 25.0. The summed E-state index contributed by atoms with van der Waals surface area (Å²) in [5, 5.41) is 4.70. The molecule has 2 heteroatoms. The maximum Gasteiger partial charge on any atom is 0.137 e. The zero-order valence-corrected chi connectivity index (χ0v) is 28.6. The lowest BCUT2D eigenvalue weighted by Crippen LogP contribution is -2.14. The molecule has 0 radical (unpaired) electrons. The molecule has 1 heterocycles. The Morgan fingerprint density at radius 3 is 2.00 bits per heavy atom. The number of rotatable bonds is 5. The molecule has 0 aliphatic heterocycles. The average Bonchev–Trinajstić information content (AvgIpc) is 3.67. The molecule has 2 nitrogen and oxygen atoms in total. The summed E-state index contributed by atoms with van der Waals surface area (Å²) in [4.78, 5) is 2.38. The van der Waals surface area contributed by atoms with Gasteiger partial charge in [-0.05, 0) is 110 Å². The van der Waals surface area contributed by atoms with Crippen LogP contribution in [0.1, 0.15) is 25.0 Å². The van der Waals surface area contributed by atoms with Crippen molar-refractivity contribution in [2.45, 2.75) is 19.3 Å². The second-order valence-electron chi connectivity index (χ2n) is 14.2. The minimum atomic E-state index is -0.0409. The first-order valence-electron chi connectivity index (χ1n) is 17.7. The van der Waals surface area contributed by atoms with E-state index in [2.05, 4.69) is 189 Å². The van der Waals surface area contributed by atoms with E-state index < -0.39 is 0 Å². The maximum absolute atomic E-state index is 6.38. The summed E-state index contributed by atoms with van der Waals surface area (Å²) in [7, 11) is 0. The normalized spacial score (nSPS) is 13.1. The molecule has 0 N–H and O–H groups in total. The van der Waals surface area contributed by atoms with Crippen LogP contribution in [-0.2, 0) is 5.41 Å². The fourth-order valence-corrected chi connectivity index (χ4v) is 8.25. The van der Waals surface area contributed by atoms with Crippen LogP contribution in [-0.4, -0.2) is 0 Å². The Bertz CT molecular complexity index is 2780. The van der Waals surface area contributed by atoms with Crippen molar-refractivity contribution in [2.24, 2.45) is 0 Å². The summed E-state index contributed by atoms with van der Waals surface area (Å²) >= 11 is 0. The molecule has 242 valence electrons. The second-order valence-corrected chi connectivity index (χ2v) is 14.2. The average molecular weight is 654 g/mol. The van der Waals surface area contributed by atoms with E-state index in [0.29, 0.717) is 0 Å². The van der Waals surface area contributed by atoms with E-state index in [-0.39, 0.29) is 5.41 Å². The molecule has 0 amide bonds. The van der Waals surface area contributed by atoms with Crippen molar-refractivity contribution in [3.05, 3.63) is 187 Å². The van der Waals surface area contributed by atoms with Gasteiger partial charge in [0.15, 0.2) is 0 Å². The number of anilines is 3. The molecule has 0 saturated heterocycles. The van der Waals surface area contributed by atoms with E-state index in [1.807, 2.05) is 6.07 Å². The molecule has 8 aromatic carbocycles. The molecule has 10 rings (SSSR count). The fourth-order valence-electron chi connectivity index (χ4n) is 8.25. The van der Waals surface area contributed by atoms with Gasteiger partial charge in [0.05, 0.1) is 11.1 Å². The molecule has 51 heavy (non-hydrogen) atoms. The van der Waals surface area contributed by atoms with Crippen molar-refractivity contribution in [1.29, 1.82) is 0 Å². The molecular formula is C49H35NO. The molecule has 1 aromatic heterocycles. The zero-order valence-electron chi connectivity index (χ0n) is 28.6. The van der Waals surface area contributed by atoms with Gasteiger partial charge in [-0.2, -0.15) is 0 Å². The molecule has 0 spiro atoms. The predicted octanol–water partition coefficient (Wildman–Crippen LogP) is 13.8. The second kappa shape index (κ2) is 11.3. The van der Waals surface area contributed by atoms with Crippen LogP contribution < -0.4 is 4.90 Å². The summed E-state index contributed by atoms with van der Waals surface area (Å²) in [6.45, 7) is 4.68. The van der Waals surface area contributed by atoms with Gasteiger partial charge in [0.25, 0.3) is 0 Å². The number of hydrogen-bond donors (Lipinski definition) is 0. The minimum Gasteiger partial charge on any atom is -0.456 e. The van der Waals surface area contributed by atoms with E-state index in [9.17, 15) is 0 Å². The van der Waals surface area contributed by atoms with Crippen LogP contribution in [0.5, 0.6) is 0 Å². The quantitative estimate of drug-likeness (QED) is 0.184. The van der Waals surface area contributed by atoms with Gasteiger partial charge >= 0.3 is 0 Å². The summed E-state index contributed by atoms with van der Waals surface area (Å²) < 4.78 is 6.38. The van der Waals surface area contributed by atoms with Crippen molar-refractivity contribution >= 4 is 49.8 Å². The van der Waals surface area contributed by atoms with E-state index in [4.69, 9.17) is 4.42 Å². The molecule has 1 aliphatic carbocycles. The van der Waals surface area contributed by atoms with Gasteiger partial charge in [-0.15, -0.1) is 0 Å². The van der Waals surface area contributed by atoms with Gasteiger partial charge in [-0.25, -0.2) is 0 Å². The Morgan fingerprint density at radius 2 is 1.10 bits per heavy atom. The van der Waals surface area contributed by atoms with Gasteiger partial charge in [-0.1, -0.05) is 135 Å². The Hall–Kier alpha value is -6.38. The van der Waals surface area contributed by atoms with Gasteiger partial charge in [0, 0.05) is 22.2 Å². The smallest absolute Gasteiger partial charge is 0.137 e. The summed E-state index contributed by atoms with van der Waals surface area (Å²) in [6.07, 6.45) is 0. The van der Waals surface area contributed by atoms with Crippen LogP contribution in [0.3, 0.4) is 0 Å². The maximum atomic E-state index is 6.38. The topological polar surface area (TPSA) is 16.4 Å². The van der Waals surface area contributed by atoms with Crippen molar-refractivity contribution in [3.63, 3.8) is 0 Å². The number of hydrogen-bond acceptors (Lipinski definition) is 2. The van der Waals surface area contributed by atoms with E-state index in [1.54, 1.807) is 0 Å². The lowest BCUT2D eigenvalue weighted by molar-refractivity contribution is 0.660. The summed E-state index contributed by atoms with van der Waals surface area (Å²) in [5.74, 6) is 0. The Labute approximate surface area is 297 Å². The van der Waals surface area contributed by atoms with Crippen LogP contribution in [0.15, 0.2) is 180 Å². The van der Waals surface area contributed by atoms with Gasteiger partial charge in [0.2, 0.25) is 0 Å². The van der Waals surface area contributed by atoms with Gasteiger partial charge in [-0.3, -0.25) is 0 Å². The number of furan rings is 1. The first kappa shape index (κ1) is 29.5. The number of fused-ring (bicyclic) bond motifs is 7. The van der Waals surface area contributed by atoms with Crippen LogP contribution in [0.25, 0.3) is 66.1 Å². The molecular weight excluding hydrogens is 619 g/mol. The molecule has 0 fully saturated rings. The van der Waals surface area contributed by atoms with E-state index in [1.165, 1.54) is 55.3 Å². The van der Waals surface area contributed by atoms with Gasteiger partial charge in [0.1, 0.15) is 11.2 Å². The summed E-state index contributed by atoms with van der Waals surface area (Å²) in [6, 6.07) is 63.7. The lowest BCUT2D eigenvalue weighted by Gasteiger charge is -2.27. The Balaban J connectivity index is 1.11. The van der Waals surface area contributed by atoms with Crippen molar-refractivity contribution in [3.8, 4) is 33.4 Å². The van der Waals surface area contributed by atoms with Crippen molar-refractivity contribution < 1.29 is 4.42 Å². The van der Waals surface area contributed by atoms with Crippen LogP contribution in [0.2, 0.25) is 0 Å². The highest BCUT2D eigenvalue weighted by Crippen LogP contribution is 2.50. The molecule has 0 bridgehead atoms. The van der Waals surface area contributed by atoms with E-state index in [0.717, 1.165) is 39.0 Å². The third-order valence-electron chi connectivity index (χ3n) is 10.9. The SMILES string of the molecule is CC1(C)c2ccccc2-c2ccc(-c3ccc(N(c4cccc(-c5ccc6ccccc6c5)c4)c4cccc5oc6ccccc6c45)cc3)cc21. The standard InChI is InChI=1S/C49H35NO/c1-49(2)43-17-7-5-15-40(43)41-28-25-37(31-44(41)49)33-23-26-38(27-24-33)50(45-18-10-20-47-48(45)42-16-6-8-19-46(42)51-47)39-14-9-13-35(30-39)36-22-21-32-11-3-4-12-34(32)29-36/h3-31H,1-2H3. The van der Waals surface area contributed by atoms with Crippen molar-refractivity contribution in [1.82, 2.24) is 0 Å². The Morgan fingerprint density at radius 1 is 0.431 bits per heavy atom. The van der Waals surface area contributed by atoms with Gasteiger partial charge < -0.3 is 9.32 Å². The first-order valence-corrected chi connectivity index (χ1v) is 17.7. The monoisotopic (exact) mass is 653 g/mol. The van der Waals surface area contributed by atoms with E-state index >= 15 is 0 Å². The number of nitrogens with zero attached hydrogens (tertiary/aromatic N) is 1. The number of para-hydroxylation sites is 1.